The molecule has 1 aromatic rings. The smallest absolute Gasteiger partial charge is 0.217 e. The second-order valence-electron chi connectivity index (χ2n) is 3.76. The number of Topliss-reactive ketones (excluding diaryl/α,β-unsaturated/α-hetero) is 1. The number of benzene rings is 1. The Morgan fingerprint density at radius 3 is 2.35 bits per heavy atom. The molecule has 1 amide bonds. The van der Waals surface area contributed by atoms with Crippen LogP contribution in [0.25, 0.3) is 0 Å². The van der Waals surface area contributed by atoms with Crippen LogP contribution in [0.2, 0.25) is 0 Å². The molecular formula is C13H17NO3. The summed E-state index contributed by atoms with van der Waals surface area (Å²) in [5.74, 6) is 0.213. The fourth-order valence-corrected chi connectivity index (χ4v) is 1.34. The number of ether oxygens (including phenoxy) is 1. The minimum absolute atomic E-state index is 0.0779. The van der Waals surface area contributed by atoms with Crippen LogP contribution in [0, 0.1) is 0 Å². The summed E-state index contributed by atoms with van der Waals surface area (Å²) in [6, 6.07) is 6.92. The van der Waals surface area contributed by atoms with Crippen LogP contribution in [-0.2, 0) is 4.79 Å². The molecule has 0 atom stereocenters. The average Bonchev–Trinajstić information content (AvgIpc) is 2.34. The molecule has 0 unspecified atom stereocenters. The molecule has 0 fully saturated rings. The topological polar surface area (TPSA) is 69.4 Å². The minimum atomic E-state index is -0.457. The zero-order valence-electron chi connectivity index (χ0n) is 9.94. The summed E-state index contributed by atoms with van der Waals surface area (Å²) in [5.41, 5.74) is 5.57. The van der Waals surface area contributed by atoms with E-state index in [1.165, 1.54) is 0 Å². The van der Waals surface area contributed by atoms with Gasteiger partial charge in [-0.25, -0.2) is 0 Å². The summed E-state index contributed by atoms with van der Waals surface area (Å²) < 4.78 is 5.40. The van der Waals surface area contributed by atoms with E-state index in [1.54, 1.807) is 24.3 Å². The highest BCUT2D eigenvalue weighted by Gasteiger charge is 2.07. The van der Waals surface area contributed by atoms with Gasteiger partial charge in [-0.1, -0.05) is 6.92 Å². The molecule has 2 N–H and O–H groups in total. The van der Waals surface area contributed by atoms with Crippen molar-refractivity contribution in [3.63, 3.8) is 0 Å². The van der Waals surface area contributed by atoms with Crippen LogP contribution >= 0.6 is 0 Å². The lowest BCUT2D eigenvalue weighted by molar-refractivity contribution is -0.118. The van der Waals surface area contributed by atoms with Gasteiger partial charge in [-0.3, -0.25) is 9.59 Å². The first-order chi connectivity index (χ1) is 8.13. The summed E-state index contributed by atoms with van der Waals surface area (Å²) in [7, 11) is 0. The van der Waals surface area contributed by atoms with E-state index < -0.39 is 5.91 Å². The van der Waals surface area contributed by atoms with E-state index in [0.717, 1.165) is 12.2 Å². The van der Waals surface area contributed by atoms with Crippen LogP contribution in [-0.4, -0.2) is 18.3 Å². The highest BCUT2D eigenvalue weighted by Crippen LogP contribution is 2.14. The van der Waals surface area contributed by atoms with Gasteiger partial charge in [0.2, 0.25) is 5.91 Å². The normalized spacial score (nSPS) is 9.94. The van der Waals surface area contributed by atoms with Gasteiger partial charge in [0.1, 0.15) is 5.75 Å². The number of ketones is 1. The van der Waals surface area contributed by atoms with Gasteiger partial charge in [0.25, 0.3) is 0 Å². The van der Waals surface area contributed by atoms with Gasteiger partial charge in [0.15, 0.2) is 5.78 Å². The second-order valence-corrected chi connectivity index (χ2v) is 3.76. The third-order valence-electron chi connectivity index (χ3n) is 2.25. The monoisotopic (exact) mass is 235 g/mol. The molecule has 0 heterocycles. The zero-order chi connectivity index (χ0) is 12.7. The third-order valence-corrected chi connectivity index (χ3v) is 2.25. The lowest BCUT2D eigenvalue weighted by atomic mass is 10.1. The summed E-state index contributed by atoms with van der Waals surface area (Å²) >= 11 is 0. The predicted octanol–water partition coefficient (Wildman–Crippen LogP) is 1.92. The Hall–Kier alpha value is -1.84. The third kappa shape index (κ3) is 4.68. The first-order valence-corrected chi connectivity index (χ1v) is 5.68. The van der Waals surface area contributed by atoms with Gasteiger partial charge >= 0.3 is 0 Å². The number of hydrogen-bond donors (Lipinski definition) is 1. The fraction of sp³-hybridized carbons (Fsp3) is 0.385. The maximum Gasteiger partial charge on any atom is 0.217 e. The number of hydrogen-bond acceptors (Lipinski definition) is 3. The average molecular weight is 235 g/mol. The van der Waals surface area contributed by atoms with E-state index >= 15 is 0 Å². The van der Waals surface area contributed by atoms with Crippen LogP contribution in [0.4, 0.5) is 0 Å². The van der Waals surface area contributed by atoms with Crippen LogP contribution < -0.4 is 10.5 Å². The Balaban J connectivity index is 2.54. The van der Waals surface area contributed by atoms with E-state index in [-0.39, 0.29) is 18.6 Å². The van der Waals surface area contributed by atoms with Gasteiger partial charge in [-0.2, -0.15) is 0 Å². The zero-order valence-corrected chi connectivity index (χ0v) is 9.94. The quantitative estimate of drug-likeness (QED) is 0.734. The lowest BCUT2D eigenvalue weighted by Gasteiger charge is -2.05. The van der Waals surface area contributed by atoms with E-state index in [0.29, 0.717) is 12.2 Å². The number of rotatable bonds is 7. The van der Waals surface area contributed by atoms with E-state index in [4.69, 9.17) is 10.5 Å². The second kappa shape index (κ2) is 6.68. The molecule has 0 spiro atoms. The van der Waals surface area contributed by atoms with E-state index in [1.807, 2.05) is 6.92 Å². The van der Waals surface area contributed by atoms with Crippen molar-refractivity contribution in [3.05, 3.63) is 29.8 Å². The molecule has 0 bridgehead atoms. The molecule has 0 saturated heterocycles. The van der Waals surface area contributed by atoms with Crippen molar-refractivity contribution < 1.29 is 14.3 Å². The van der Waals surface area contributed by atoms with Crippen LogP contribution in [0.1, 0.15) is 36.5 Å². The van der Waals surface area contributed by atoms with Crippen molar-refractivity contribution in [3.8, 4) is 5.75 Å². The lowest BCUT2D eigenvalue weighted by Crippen LogP contribution is -2.12. The molecule has 0 aliphatic carbocycles. The number of nitrogens with two attached hydrogens (primary N) is 1. The highest BCUT2D eigenvalue weighted by atomic mass is 16.5. The van der Waals surface area contributed by atoms with Crippen molar-refractivity contribution in [1.29, 1.82) is 0 Å². The highest BCUT2D eigenvalue weighted by molar-refractivity contribution is 5.97. The number of carbonyl (C=O) groups excluding carboxylic acids is 2. The van der Waals surface area contributed by atoms with Crippen molar-refractivity contribution in [2.45, 2.75) is 26.2 Å². The van der Waals surface area contributed by atoms with Crippen molar-refractivity contribution in [2.75, 3.05) is 6.61 Å². The maximum absolute atomic E-state index is 11.6. The number of carbonyl (C=O) groups is 2. The van der Waals surface area contributed by atoms with Gasteiger partial charge in [0, 0.05) is 18.4 Å². The maximum atomic E-state index is 11.6. The van der Waals surface area contributed by atoms with Gasteiger partial charge in [0.05, 0.1) is 6.61 Å². The Morgan fingerprint density at radius 1 is 1.18 bits per heavy atom. The molecular weight excluding hydrogens is 218 g/mol. The van der Waals surface area contributed by atoms with Crippen molar-refractivity contribution in [1.82, 2.24) is 0 Å². The van der Waals surface area contributed by atoms with Crippen LogP contribution in [0.5, 0.6) is 5.75 Å². The van der Waals surface area contributed by atoms with Gasteiger partial charge in [-0.05, 0) is 30.7 Å². The van der Waals surface area contributed by atoms with Crippen LogP contribution in [0.15, 0.2) is 24.3 Å². The molecule has 17 heavy (non-hydrogen) atoms. The molecule has 1 aromatic carbocycles. The summed E-state index contributed by atoms with van der Waals surface area (Å²) in [6.45, 7) is 2.69. The number of amides is 1. The van der Waals surface area contributed by atoms with E-state index in [9.17, 15) is 9.59 Å². The molecule has 0 aliphatic rings. The van der Waals surface area contributed by atoms with Gasteiger partial charge in [-0.15, -0.1) is 0 Å². The molecule has 4 nitrogen and oxygen atoms in total. The first kappa shape index (κ1) is 13.2. The Morgan fingerprint density at radius 2 is 1.82 bits per heavy atom. The van der Waals surface area contributed by atoms with Crippen molar-refractivity contribution >= 4 is 11.7 Å². The summed E-state index contributed by atoms with van der Waals surface area (Å²) in [5, 5.41) is 0. The molecule has 92 valence electrons. The standard InChI is InChI=1S/C13H17NO3/c1-2-9-17-11-5-3-10(4-6-11)12(15)7-8-13(14)16/h3-6H,2,7-9H2,1H3,(H2,14,16). The predicted molar refractivity (Wildman–Crippen MR) is 65.0 cm³/mol. The van der Waals surface area contributed by atoms with E-state index in [2.05, 4.69) is 0 Å². The summed E-state index contributed by atoms with van der Waals surface area (Å²) in [4.78, 5) is 22.2. The molecule has 0 saturated carbocycles. The minimum Gasteiger partial charge on any atom is -0.494 e. The molecule has 0 aliphatic heterocycles. The molecule has 4 heteroatoms. The Labute approximate surface area is 101 Å². The molecule has 0 aromatic heterocycles. The molecule has 1 rings (SSSR count). The molecule has 0 radical (unpaired) electrons. The summed E-state index contributed by atoms with van der Waals surface area (Å²) in [6.07, 6.45) is 1.19. The van der Waals surface area contributed by atoms with Crippen molar-refractivity contribution in [2.24, 2.45) is 5.73 Å². The Kier molecular flexibility index (Phi) is 5.20. The first-order valence-electron chi connectivity index (χ1n) is 5.68. The van der Waals surface area contributed by atoms with Gasteiger partial charge < -0.3 is 10.5 Å². The fourth-order valence-electron chi connectivity index (χ4n) is 1.34. The number of primary amides is 1. The Bertz CT molecular complexity index is 384. The SMILES string of the molecule is CCCOc1ccc(C(=O)CCC(N)=O)cc1. The van der Waals surface area contributed by atoms with Crippen LogP contribution in [0.3, 0.4) is 0 Å². The largest absolute Gasteiger partial charge is 0.494 e.